The Morgan fingerprint density at radius 1 is 1.29 bits per heavy atom. The fraction of sp³-hybridized carbons (Fsp3) is 1.00. The maximum absolute atomic E-state index is 10.5. The predicted octanol–water partition coefficient (Wildman–Crippen LogP) is 1.39. The van der Waals surface area contributed by atoms with Gasteiger partial charge in [0.05, 0.1) is 25.9 Å². The smallest absolute Gasteiger partial charge is 0.170 e. The van der Waals surface area contributed by atoms with Gasteiger partial charge in [0.15, 0.2) is 5.79 Å². The number of rotatable bonds is 6. The lowest BCUT2D eigenvalue weighted by molar-refractivity contribution is -0.208. The number of ether oxygens (including phenoxy) is 3. The Labute approximate surface area is 127 Å². The van der Waals surface area contributed by atoms with Crippen molar-refractivity contribution >= 4 is 0 Å². The Balaban J connectivity index is 1.71. The first-order valence-electron chi connectivity index (χ1n) is 8.36. The molecule has 0 radical (unpaired) electrons. The number of methoxy groups -OCH3 is 1. The van der Waals surface area contributed by atoms with E-state index in [0.29, 0.717) is 25.9 Å². The van der Waals surface area contributed by atoms with Gasteiger partial charge < -0.3 is 19.3 Å². The molecule has 3 fully saturated rings. The fourth-order valence-corrected chi connectivity index (χ4v) is 3.93. The van der Waals surface area contributed by atoms with Crippen molar-refractivity contribution in [2.24, 2.45) is 5.92 Å². The van der Waals surface area contributed by atoms with Gasteiger partial charge in [-0.3, -0.25) is 4.90 Å². The van der Waals surface area contributed by atoms with Crippen LogP contribution in [0.3, 0.4) is 0 Å². The molecule has 3 atom stereocenters. The van der Waals surface area contributed by atoms with Crippen LogP contribution in [0.5, 0.6) is 0 Å². The summed E-state index contributed by atoms with van der Waals surface area (Å²) in [6.45, 7) is 5.22. The van der Waals surface area contributed by atoms with E-state index in [1.165, 1.54) is 12.8 Å². The molecule has 3 rings (SSSR count). The lowest BCUT2D eigenvalue weighted by atomic mass is 9.85. The zero-order valence-electron chi connectivity index (χ0n) is 13.3. The monoisotopic (exact) mass is 299 g/mol. The summed E-state index contributed by atoms with van der Waals surface area (Å²) in [4.78, 5) is 2.44. The molecule has 1 saturated heterocycles. The third-order valence-corrected chi connectivity index (χ3v) is 5.41. The normalized spacial score (nSPS) is 33.7. The van der Waals surface area contributed by atoms with Crippen LogP contribution in [0.15, 0.2) is 0 Å². The minimum absolute atomic E-state index is 0.114. The van der Waals surface area contributed by atoms with Crippen LogP contribution < -0.4 is 0 Å². The molecule has 0 amide bonds. The lowest BCUT2D eigenvalue weighted by Gasteiger charge is -2.46. The predicted molar refractivity (Wildman–Crippen MR) is 79.0 cm³/mol. The van der Waals surface area contributed by atoms with Gasteiger partial charge in [-0.2, -0.15) is 0 Å². The first-order valence-corrected chi connectivity index (χ1v) is 8.36. The van der Waals surface area contributed by atoms with Crippen molar-refractivity contribution in [1.29, 1.82) is 0 Å². The zero-order chi connectivity index (χ0) is 14.9. The van der Waals surface area contributed by atoms with E-state index in [1.54, 1.807) is 7.11 Å². The van der Waals surface area contributed by atoms with Gasteiger partial charge in [0.2, 0.25) is 0 Å². The van der Waals surface area contributed by atoms with Crippen LogP contribution in [0.25, 0.3) is 0 Å². The Bertz CT molecular complexity index is 341. The third-order valence-electron chi connectivity index (χ3n) is 5.41. The third kappa shape index (κ3) is 3.42. The molecule has 3 aliphatic rings. The summed E-state index contributed by atoms with van der Waals surface area (Å²) in [7, 11) is 1.74. The lowest BCUT2D eigenvalue weighted by Crippen LogP contribution is -2.56. The molecule has 0 aromatic heterocycles. The molecule has 0 aromatic rings. The molecule has 122 valence electrons. The molecule has 5 heteroatoms. The largest absolute Gasteiger partial charge is 0.391 e. The van der Waals surface area contributed by atoms with E-state index in [9.17, 15) is 5.11 Å². The maximum Gasteiger partial charge on any atom is 0.170 e. The maximum atomic E-state index is 10.5. The van der Waals surface area contributed by atoms with Crippen LogP contribution in [0.2, 0.25) is 0 Å². The Hall–Kier alpha value is -0.200. The second-order valence-corrected chi connectivity index (χ2v) is 6.79. The fourth-order valence-electron chi connectivity index (χ4n) is 3.93. The zero-order valence-corrected chi connectivity index (χ0v) is 13.3. The highest BCUT2D eigenvalue weighted by Crippen LogP contribution is 2.41. The second-order valence-electron chi connectivity index (χ2n) is 6.79. The molecule has 2 aliphatic carbocycles. The van der Waals surface area contributed by atoms with E-state index in [4.69, 9.17) is 14.2 Å². The van der Waals surface area contributed by atoms with E-state index in [-0.39, 0.29) is 12.1 Å². The number of hydrogen-bond acceptors (Lipinski definition) is 5. The van der Waals surface area contributed by atoms with Crippen LogP contribution in [-0.4, -0.2) is 67.5 Å². The molecule has 1 N–H and O–H groups in total. The number of aliphatic hydroxyl groups is 1. The Kier molecular flexibility index (Phi) is 4.86. The molecule has 5 nitrogen and oxygen atoms in total. The second kappa shape index (κ2) is 6.50. The van der Waals surface area contributed by atoms with Gasteiger partial charge in [-0.1, -0.05) is 0 Å². The van der Waals surface area contributed by atoms with E-state index < -0.39 is 5.79 Å². The highest BCUT2D eigenvalue weighted by molar-refractivity contribution is 4.97. The van der Waals surface area contributed by atoms with Crippen molar-refractivity contribution in [3.8, 4) is 0 Å². The van der Waals surface area contributed by atoms with Crippen molar-refractivity contribution < 1.29 is 19.3 Å². The van der Waals surface area contributed by atoms with Gasteiger partial charge in [0, 0.05) is 38.6 Å². The molecule has 1 spiro atoms. The summed E-state index contributed by atoms with van der Waals surface area (Å²) in [6.07, 6.45) is 4.67. The summed E-state index contributed by atoms with van der Waals surface area (Å²) in [5, 5.41) is 10.5. The van der Waals surface area contributed by atoms with Crippen molar-refractivity contribution in [3.05, 3.63) is 0 Å². The van der Waals surface area contributed by atoms with Crippen molar-refractivity contribution in [3.63, 3.8) is 0 Å². The van der Waals surface area contributed by atoms with E-state index in [0.717, 1.165) is 31.7 Å². The van der Waals surface area contributed by atoms with Gasteiger partial charge in [0.1, 0.15) is 0 Å². The van der Waals surface area contributed by atoms with Crippen molar-refractivity contribution in [2.45, 2.75) is 63.0 Å². The molecule has 0 aromatic carbocycles. The minimum atomic E-state index is -0.446. The molecule has 1 aliphatic heterocycles. The van der Waals surface area contributed by atoms with Crippen LogP contribution in [0, 0.1) is 5.92 Å². The summed E-state index contributed by atoms with van der Waals surface area (Å²) in [5.74, 6) is 0.329. The summed E-state index contributed by atoms with van der Waals surface area (Å²) >= 11 is 0. The van der Waals surface area contributed by atoms with Gasteiger partial charge in [0.25, 0.3) is 0 Å². The Morgan fingerprint density at radius 3 is 2.62 bits per heavy atom. The first-order chi connectivity index (χ1) is 10.2. The van der Waals surface area contributed by atoms with Crippen LogP contribution in [0.4, 0.5) is 0 Å². The summed E-state index contributed by atoms with van der Waals surface area (Å²) < 4.78 is 17.0. The molecule has 0 bridgehead atoms. The molecule has 3 unspecified atom stereocenters. The van der Waals surface area contributed by atoms with Crippen molar-refractivity contribution in [1.82, 2.24) is 4.90 Å². The van der Waals surface area contributed by atoms with Gasteiger partial charge >= 0.3 is 0 Å². The van der Waals surface area contributed by atoms with Crippen LogP contribution >= 0.6 is 0 Å². The average molecular weight is 299 g/mol. The SMILES string of the molecule is COCCN(C(C)C1CC1)C1CC2(CCC1O)OCCO2. The number of aliphatic hydroxyl groups excluding tert-OH is 1. The molecule has 2 saturated carbocycles. The standard InChI is InChI=1S/C16H29NO4/c1-12(13-3-4-13)17(7-8-19-2)14-11-16(6-5-15(14)18)20-9-10-21-16/h12-15,18H,3-11H2,1-2H3. The highest BCUT2D eigenvalue weighted by Gasteiger charge is 2.48. The summed E-state index contributed by atoms with van der Waals surface area (Å²) in [6, 6.07) is 0.610. The van der Waals surface area contributed by atoms with Gasteiger partial charge in [-0.05, 0) is 32.1 Å². The van der Waals surface area contributed by atoms with Crippen molar-refractivity contribution in [2.75, 3.05) is 33.5 Å². The van der Waals surface area contributed by atoms with Gasteiger partial charge in [-0.25, -0.2) is 0 Å². The molecule has 21 heavy (non-hydrogen) atoms. The quantitative estimate of drug-likeness (QED) is 0.803. The van der Waals surface area contributed by atoms with Crippen LogP contribution in [-0.2, 0) is 14.2 Å². The molecule has 1 heterocycles. The van der Waals surface area contributed by atoms with E-state index in [1.807, 2.05) is 0 Å². The van der Waals surface area contributed by atoms with Crippen LogP contribution in [0.1, 0.15) is 39.0 Å². The number of nitrogens with zero attached hydrogens (tertiary/aromatic N) is 1. The topological polar surface area (TPSA) is 51.2 Å². The average Bonchev–Trinajstić information content (AvgIpc) is 3.24. The molecular formula is C16H29NO4. The molecular weight excluding hydrogens is 270 g/mol. The Morgan fingerprint density at radius 2 is 2.00 bits per heavy atom. The van der Waals surface area contributed by atoms with E-state index in [2.05, 4.69) is 11.8 Å². The summed E-state index contributed by atoms with van der Waals surface area (Å²) in [5.41, 5.74) is 0. The van der Waals surface area contributed by atoms with Gasteiger partial charge in [-0.15, -0.1) is 0 Å². The highest BCUT2D eigenvalue weighted by atomic mass is 16.7. The minimum Gasteiger partial charge on any atom is -0.391 e. The number of hydrogen-bond donors (Lipinski definition) is 1. The van der Waals surface area contributed by atoms with E-state index >= 15 is 0 Å². The first kappa shape index (κ1) is 15.7.